The van der Waals surface area contributed by atoms with Gasteiger partial charge in [-0.1, -0.05) is 30.3 Å². The van der Waals surface area contributed by atoms with Crippen LogP contribution in [0.1, 0.15) is 32.3 Å². The molecule has 0 aromatic heterocycles. The van der Waals surface area contributed by atoms with Crippen molar-refractivity contribution >= 4 is 0 Å². The summed E-state index contributed by atoms with van der Waals surface area (Å²) in [6.07, 6.45) is 1.77. The first-order chi connectivity index (χ1) is 7.50. The normalized spacial score (nSPS) is 29.2. The molecule has 0 amide bonds. The van der Waals surface area contributed by atoms with E-state index in [2.05, 4.69) is 6.07 Å². The quantitative estimate of drug-likeness (QED) is 0.824. The second-order valence-electron chi connectivity index (χ2n) is 5.19. The number of hydrogen-bond acceptors (Lipinski definition) is 2. The zero-order valence-electron chi connectivity index (χ0n) is 9.77. The van der Waals surface area contributed by atoms with E-state index >= 15 is 0 Å². The highest BCUT2D eigenvalue weighted by atomic mass is 16.3. The summed E-state index contributed by atoms with van der Waals surface area (Å²) in [6.45, 7) is 3.59. The first kappa shape index (κ1) is 11.2. The maximum absolute atomic E-state index is 10.1. The molecule has 0 unspecified atom stereocenters. The summed E-state index contributed by atoms with van der Waals surface area (Å²) < 4.78 is 0. The highest BCUT2D eigenvalue weighted by Crippen LogP contribution is 2.52. The first-order valence-electron chi connectivity index (χ1n) is 5.70. The molecule has 84 valence electrons. The van der Waals surface area contributed by atoms with E-state index < -0.39 is 11.0 Å². The fourth-order valence-electron chi connectivity index (χ4n) is 2.81. The molecule has 1 aliphatic carbocycles. The van der Waals surface area contributed by atoms with Crippen molar-refractivity contribution in [3.63, 3.8) is 0 Å². The van der Waals surface area contributed by atoms with Crippen molar-refractivity contribution in [3.05, 3.63) is 35.9 Å². The molecule has 1 aromatic carbocycles. The standard InChI is InChI=1S/C14H17NO/c1-13(2,16)12-8-9-14(12,10-15)11-6-4-3-5-7-11/h3-7,12,16H,8-9H2,1-2H3/t12-,14-/m1/s1. The molecule has 1 fully saturated rings. The van der Waals surface area contributed by atoms with Crippen molar-refractivity contribution in [2.24, 2.45) is 5.92 Å². The van der Waals surface area contributed by atoms with E-state index in [1.54, 1.807) is 13.8 Å². The zero-order chi connectivity index (χ0) is 11.8. The van der Waals surface area contributed by atoms with Gasteiger partial charge < -0.3 is 5.11 Å². The van der Waals surface area contributed by atoms with Crippen LogP contribution < -0.4 is 0 Å². The molecule has 0 spiro atoms. The van der Waals surface area contributed by atoms with Crippen LogP contribution in [0.5, 0.6) is 0 Å². The van der Waals surface area contributed by atoms with Gasteiger partial charge in [0.05, 0.1) is 17.1 Å². The Morgan fingerprint density at radius 2 is 2.00 bits per heavy atom. The summed E-state index contributed by atoms with van der Waals surface area (Å²) in [5.74, 6) is 0.0346. The molecule has 2 nitrogen and oxygen atoms in total. The van der Waals surface area contributed by atoms with Gasteiger partial charge in [-0.05, 0) is 32.3 Å². The molecular formula is C14H17NO. The molecule has 2 heteroatoms. The van der Waals surface area contributed by atoms with E-state index in [1.807, 2.05) is 30.3 Å². The van der Waals surface area contributed by atoms with Gasteiger partial charge in [-0.2, -0.15) is 5.26 Å². The Bertz CT molecular complexity index is 413. The lowest BCUT2D eigenvalue weighted by molar-refractivity contribution is -0.0547. The van der Waals surface area contributed by atoms with Gasteiger partial charge in [0.2, 0.25) is 0 Å². The second-order valence-corrected chi connectivity index (χ2v) is 5.19. The van der Waals surface area contributed by atoms with Gasteiger partial charge in [0.15, 0.2) is 0 Å². The third kappa shape index (κ3) is 1.52. The lowest BCUT2D eigenvalue weighted by atomic mass is 9.53. The fourth-order valence-corrected chi connectivity index (χ4v) is 2.81. The van der Waals surface area contributed by atoms with Gasteiger partial charge in [0.1, 0.15) is 0 Å². The molecule has 0 bridgehead atoms. The van der Waals surface area contributed by atoms with E-state index in [0.717, 1.165) is 18.4 Å². The average Bonchev–Trinajstić information content (AvgIpc) is 2.17. The van der Waals surface area contributed by atoms with Crippen LogP contribution in [0.4, 0.5) is 0 Å². The molecule has 2 atom stereocenters. The largest absolute Gasteiger partial charge is 0.390 e. The summed E-state index contributed by atoms with van der Waals surface area (Å²) in [4.78, 5) is 0. The third-order valence-electron chi connectivity index (χ3n) is 3.76. The van der Waals surface area contributed by atoms with Crippen molar-refractivity contribution in [1.82, 2.24) is 0 Å². The minimum Gasteiger partial charge on any atom is -0.390 e. The summed E-state index contributed by atoms with van der Waals surface area (Å²) in [6, 6.07) is 12.3. The van der Waals surface area contributed by atoms with Crippen LogP contribution in [0.25, 0.3) is 0 Å². The number of hydrogen-bond donors (Lipinski definition) is 1. The predicted molar refractivity (Wildman–Crippen MR) is 62.8 cm³/mol. The Kier molecular flexibility index (Phi) is 2.52. The van der Waals surface area contributed by atoms with E-state index in [9.17, 15) is 10.4 Å². The van der Waals surface area contributed by atoms with E-state index in [4.69, 9.17) is 0 Å². The van der Waals surface area contributed by atoms with Gasteiger partial charge in [-0.3, -0.25) is 0 Å². The lowest BCUT2D eigenvalue weighted by Gasteiger charge is -2.50. The van der Waals surface area contributed by atoms with Gasteiger partial charge >= 0.3 is 0 Å². The smallest absolute Gasteiger partial charge is 0.0877 e. The van der Waals surface area contributed by atoms with E-state index in [-0.39, 0.29) is 5.92 Å². The van der Waals surface area contributed by atoms with Crippen LogP contribution in [-0.4, -0.2) is 10.7 Å². The van der Waals surface area contributed by atoms with Gasteiger partial charge in [0, 0.05) is 5.92 Å². The summed E-state index contributed by atoms with van der Waals surface area (Å²) in [5.41, 5.74) is -0.237. The van der Waals surface area contributed by atoms with Gasteiger partial charge in [0.25, 0.3) is 0 Å². The monoisotopic (exact) mass is 215 g/mol. The molecule has 1 aromatic rings. The summed E-state index contributed by atoms with van der Waals surface area (Å²) >= 11 is 0. The van der Waals surface area contributed by atoms with Crippen LogP contribution in [0.15, 0.2) is 30.3 Å². The average molecular weight is 215 g/mol. The number of nitriles is 1. The van der Waals surface area contributed by atoms with Crippen molar-refractivity contribution in [2.45, 2.75) is 37.7 Å². The first-order valence-corrected chi connectivity index (χ1v) is 5.70. The molecule has 0 saturated heterocycles. The topological polar surface area (TPSA) is 44.0 Å². The molecule has 0 aliphatic heterocycles. The maximum atomic E-state index is 10.1. The molecular weight excluding hydrogens is 198 g/mol. The molecule has 16 heavy (non-hydrogen) atoms. The third-order valence-corrected chi connectivity index (χ3v) is 3.76. The van der Waals surface area contributed by atoms with E-state index in [1.165, 1.54) is 0 Å². The minimum absolute atomic E-state index is 0.0346. The summed E-state index contributed by atoms with van der Waals surface area (Å²) in [7, 11) is 0. The Morgan fingerprint density at radius 3 is 2.38 bits per heavy atom. The highest BCUT2D eigenvalue weighted by molar-refractivity contribution is 5.38. The number of benzene rings is 1. The SMILES string of the molecule is CC(C)(O)[C@H]1CC[C@@]1(C#N)c1ccccc1. The molecule has 1 N–H and O–H groups in total. The fraction of sp³-hybridized carbons (Fsp3) is 0.500. The number of aliphatic hydroxyl groups is 1. The second kappa shape index (κ2) is 3.61. The Labute approximate surface area is 96.5 Å². The predicted octanol–water partition coefficient (Wildman–Crippen LogP) is 2.63. The van der Waals surface area contributed by atoms with Crippen molar-refractivity contribution in [2.75, 3.05) is 0 Å². The molecule has 1 aliphatic rings. The van der Waals surface area contributed by atoms with Crippen molar-refractivity contribution in [1.29, 1.82) is 5.26 Å². The van der Waals surface area contributed by atoms with Crippen molar-refractivity contribution in [3.8, 4) is 6.07 Å². The van der Waals surface area contributed by atoms with Gasteiger partial charge in [-0.25, -0.2) is 0 Å². The van der Waals surface area contributed by atoms with Crippen LogP contribution in [0.3, 0.4) is 0 Å². The lowest BCUT2D eigenvalue weighted by Crippen LogP contribution is -2.53. The van der Waals surface area contributed by atoms with Crippen LogP contribution in [0.2, 0.25) is 0 Å². The Balaban J connectivity index is 2.40. The Morgan fingerprint density at radius 1 is 1.38 bits per heavy atom. The molecule has 0 radical (unpaired) electrons. The van der Waals surface area contributed by atoms with E-state index in [0.29, 0.717) is 0 Å². The Hall–Kier alpha value is -1.33. The molecule has 1 saturated carbocycles. The highest BCUT2D eigenvalue weighted by Gasteiger charge is 2.54. The number of nitrogens with zero attached hydrogens (tertiary/aromatic N) is 1. The van der Waals surface area contributed by atoms with Gasteiger partial charge in [-0.15, -0.1) is 0 Å². The minimum atomic E-state index is -0.788. The van der Waals surface area contributed by atoms with Crippen LogP contribution >= 0.6 is 0 Å². The molecule has 2 rings (SSSR count). The van der Waals surface area contributed by atoms with Crippen LogP contribution in [0, 0.1) is 17.2 Å². The zero-order valence-corrected chi connectivity index (χ0v) is 9.77. The van der Waals surface area contributed by atoms with Crippen LogP contribution in [-0.2, 0) is 5.41 Å². The summed E-state index contributed by atoms with van der Waals surface area (Å²) in [5, 5.41) is 19.6. The molecule has 0 heterocycles. The van der Waals surface area contributed by atoms with Crippen molar-refractivity contribution < 1.29 is 5.11 Å². The maximum Gasteiger partial charge on any atom is 0.0877 e. The number of rotatable bonds is 2.